The number of amides is 1. The number of nitrogens with one attached hydrogen (secondary N) is 1. The Morgan fingerprint density at radius 3 is 2.21 bits per heavy atom. The van der Waals surface area contributed by atoms with Gasteiger partial charge in [-0.25, -0.2) is 9.67 Å². The third-order valence-corrected chi connectivity index (χ3v) is 5.11. The van der Waals surface area contributed by atoms with Gasteiger partial charge in [0.05, 0.1) is 11.4 Å². The Hall–Kier alpha value is -3.44. The molecule has 0 fully saturated rings. The van der Waals surface area contributed by atoms with Crippen molar-refractivity contribution in [3.8, 4) is 11.3 Å². The molecule has 28 heavy (non-hydrogen) atoms. The first-order valence-electron chi connectivity index (χ1n) is 8.94. The Kier molecular flexibility index (Phi) is 5.17. The first kappa shape index (κ1) is 17.9. The predicted octanol–water partition coefficient (Wildman–Crippen LogP) is 5.14. The van der Waals surface area contributed by atoms with Crippen LogP contribution in [0.5, 0.6) is 0 Å². The van der Waals surface area contributed by atoms with Crippen molar-refractivity contribution >= 4 is 22.9 Å². The van der Waals surface area contributed by atoms with Gasteiger partial charge in [0.2, 0.25) is 4.80 Å². The molecule has 4 rings (SSSR count). The molecule has 138 valence electrons. The zero-order chi connectivity index (χ0) is 19.3. The summed E-state index contributed by atoms with van der Waals surface area (Å²) >= 11 is 1.49. The average Bonchev–Trinajstić information content (AvgIpc) is 3.12. The summed E-state index contributed by atoms with van der Waals surface area (Å²) in [7, 11) is 0. The molecule has 0 bridgehead atoms. The number of thiazole rings is 1. The molecule has 0 unspecified atom stereocenters. The van der Waals surface area contributed by atoms with E-state index in [0.29, 0.717) is 10.4 Å². The lowest BCUT2D eigenvalue weighted by Crippen LogP contribution is -2.31. The van der Waals surface area contributed by atoms with Crippen molar-refractivity contribution in [2.24, 2.45) is 4.99 Å². The normalized spacial score (nSPS) is 11.4. The number of aromatic nitrogens is 1. The molecule has 1 heterocycles. The summed E-state index contributed by atoms with van der Waals surface area (Å²) in [5, 5.41) is 2.01. The summed E-state index contributed by atoms with van der Waals surface area (Å²) in [6.45, 7) is 2.05. The van der Waals surface area contributed by atoms with E-state index in [9.17, 15) is 4.79 Å². The Morgan fingerprint density at radius 2 is 1.54 bits per heavy atom. The van der Waals surface area contributed by atoms with Gasteiger partial charge in [-0.3, -0.25) is 10.2 Å². The molecule has 1 amide bonds. The molecular formula is C23H19N3OS. The topological polar surface area (TPSA) is 46.4 Å². The Labute approximate surface area is 167 Å². The number of carbonyl (C=O) groups is 1. The van der Waals surface area contributed by atoms with E-state index in [1.165, 1.54) is 16.9 Å². The second-order valence-electron chi connectivity index (χ2n) is 6.36. The van der Waals surface area contributed by atoms with E-state index in [-0.39, 0.29) is 5.91 Å². The van der Waals surface area contributed by atoms with Crippen molar-refractivity contribution in [2.75, 3.05) is 5.43 Å². The molecule has 1 N–H and O–H groups in total. The molecule has 0 aliphatic carbocycles. The van der Waals surface area contributed by atoms with E-state index < -0.39 is 0 Å². The molecule has 0 spiro atoms. The van der Waals surface area contributed by atoms with E-state index in [2.05, 4.69) is 36.6 Å². The van der Waals surface area contributed by atoms with Crippen LogP contribution in [-0.4, -0.2) is 10.6 Å². The van der Waals surface area contributed by atoms with E-state index in [0.717, 1.165) is 16.9 Å². The van der Waals surface area contributed by atoms with Gasteiger partial charge in [-0.2, -0.15) is 0 Å². The van der Waals surface area contributed by atoms with Gasteiger partial charge >= 0.3 is 0 Å². The van der Waals surface area contributed by atoms with Crippen molar-refractivity contribution in [3.05, 3.63) is 106 Å². The molecule has 4 aromatic rings. The molecule has 1 aromatic heterocycles. The lowest BCUT2D eigenvalue weighted by Gasteiger charge is -2.11. The summed E-state index contributed by atoms with van der Waals surface area (Å²) < 4.78 is 1.76. The van der Waals surface area contributed by atoms with Crippen LogP contribution in [0.1, 0.15) is 15.9 Å². The lowest BCUT2D eigenvalue weighted by atomic mass is 10.1. The minimum Gasteiger partial charge on any atom is -0.267 e. The van der Waals surface area contributed by atoms with Crippen LogP contribution < -0.4 is 10.2 Å². The number of benzene rings is 3. The SMILES string of the molecule is Cc1ccc(-c2csc(=Nc3ccccc3)n2NC(=O)c2ccccc2)cc1. The number of nitrogens with zero attached hydrogens (tertiary/aromatic N) is 2. The fourth-order valence-electron chi connectivity index (χ4n) is 2.79. The average molecular weight is 385 g/mol. The number of hydrogen-bond acceptors (Lipinski definition) is 3. The van der Waals surface area contributed by atoms with Gasteiger partial charge in [-0.1, -0.05) is 66.2 Å². The molecule has 0 aliphatic rings. The van der Waals surface area contributed by atoms with Crippen molar-refractivity contribution in [2.45, 2.75) is 6.92 Å². The summed E-state index contributed by atoms with van der Waals surface area (Å²) in [5.74, 6) is -0.179. The zero-order valence-corrected chi connectivity index (χ0v) is 16.2. The number of aryl methyl sites for hydroxylation is 1. The van der Waals surface area contributed by atoms with E-state index >= 15 is 0 Å². The maximum absolute atomic E-state index is 12.8. The van der Waals surface area contributed by atoms with Crippen LogP contribution in [0.3, 0.4) is 0 Å². The molecular weight excluding hydrogens is 366 g/mol. The van der Waals surface area contributed by atoms with Crippen LogP contribution in [0.4, 0.5) is 5.69 Å². The van der Waals surface area contributed by atoms with Crippen LogP contribution in [0, 0.1) is 6.92 Å². The number of rotatable bonds is 4. The highest BCUT2D eigenvalue weighted by Gasteiger charge is 2.12. The van der Waals surface area contributed by atoms with Gasteiger partial charge in [0.25, 0.3) is 5.91 Å². The molecule has 0 saturated heterocycles. The second-order valence-corrected chi connectivity index (χ2v) is 7.20. The third-order valence-electron chi connectivity index (χ3n) is 4.29. The van der Waals surface area contributed by atoms with Crippen LogP contribution in [0.15, 0.2) is 95.3 Å². The standard InChI is InChI=1S/C23H19N3OS/c1-17-12-14-18(15-13-17)21-16-28-23(24-20-10-6-3-7-11-20)26(21)25-22(27)19-8-4-2-5-9-19/h2-16H,1H3,(H,25,27). The van der Waals surface area contributed by atoms with Crippen LogP contribution in [0.25, 0.3) is 11.3 Å². The Bertz CT molecular complexity index is 1140. The highest BCUT2D eigenvalue weighted by Crippen LogP contribution is 2.21. The Balaban J connectivity index is 1.80. The molecule has 0 saturated carbocycles. The van der Waals surface area contributed by atoms with Gasteiger partial charge in [0.1, 0.15) is 0 Å². The molecule has 0 radical (unpaired) electrons. The van der Waals surface area contributed by atoms with E-state index in [1.807, 2.05) is 53.9 Å². The van der Waals surface area contributed by atoms with Crippen molar-refractivity contribution in [1.29, 1.82) is 0 Å². The second kappa shape index (κ2) is 8.06. The molecule has 5 heteroatoms. The molecule has 0 aliphatic heterocycles. The third kappa shape index (κ3) is 3.94. The van der Waals surface area contributed by atoms with Crippen LogP contribution in [-0.2, 0) is 0 Å². The monoisotopic (exact) mass is 385 g/mol. The largest absolute Gasteiger partial charge is 0.270 e. The summed E-state index contributed by atoms with van der Waals surface area (Å²) in [5.41, 5.74) is 7.54. The number of carbonyl (C=O) groups excluding carboxylic acids is 1. The molecule has 4 nitrogen and oxygen atoms in total. The van der Waals surface area contributed by atoms with Gasteiger partial charge in [0, 0.05) is 16.5 Å². The van der Waals surface area contributed by atoms with Gasteiger partial charge in [0.15, 0.2) is 0 Å². The van der Waals surface area contributed by atoms with Crippen LogP contribution in [0.2, 0.25) is 0 Å². The minimum absolute atomic E-state index is 0.179. The van der Waals surface area contributed by atoms with Gasteiger partial charge < -0.3 is 0 Å². The smallest absolute Gasteiger partial charge is 0.267 e. The summed E-state index contributed by atoms with van der Waals surface area (Å²) in [4.78, 5) is 18.2. The minimum atomic E-state index is -0.179. The van der Waals surface area contributed by atoms with Gasteiger partial charge in [-0.05, 0) is 31.2 Å². The fraction of sp³-hybridized carbons (Fsp3) is 0.0435. The number of para-hydroxylation sites is 1. The maximum Gasteiger partial charge on any atom is 0.270 e. The van der Waals surface area contributed by atoms with Crippen LogP contribution >= 0.6 is 11.3 Å². The highest BCUT2D eigenvalue weighted by molar-refractivity contribution is 7.07. The Morgan fingerprint density at radius 1 is 0.893 bits per heavy atom. The van der Waals surface area contributed by atoms with E-state index in [4.69, 9.17) is 4.99 Å². The van der Waals surface area contributed by atoms with Crippen molar-refractivity contribution in [3.63, 3.8) is 0 Å². The first-order chi connectivity index (χ1) is 13.7. The maximum atomic E-state index is 12.8. The lowest BCUT2D eigenvalue weighted by molar-refractivity contribution is 0.101. The van der Waals surface area contributed by atoms with E-state index in [1.54, 1.807) is 16.8 Å². The number of hydrogen-bond donors (Lipinski definition) is 1. The first-order valence-corrected chi connectivity index (χ1v) is 9.82. The summed E-state index contributed by atoms with van der Waals surface area (Å²) in [6, 6.07) is 27.1. The predicted molar refractivity (Wildman–Crippen MR) is 114 cm³/mol. The molecule has 3 aromatic carbocycles. The van der Waals surface area contributed by atoms with Gasteiger partial charge in [-0.15, -0.1) is 11.3 Å². The fourth-order valence-corrected chi connectivity index (χ4v) is 3.66. The van der Waals surface area contributed by atoms with Crippen molar-refractivity contribution in [1.82, 2.24) is 4.68 Å². The highest BCUT2D eigenvalue weighted by atomic mass is 32.1. The zero-order valence-electron chi connectivity index (χ0n) is 15.4. The van der Waals surface area contributed by atoms with Crippen molar-refractivity contribution < 1.29 is 4.79 Å². The summed E-state index contributed by atoms with van der Waals surface area (Å²) in [6.07, 6.45) is 0. The molecule has 0 atom stereocenters. The quantitative estimate of drug-likeness (QED) is 0.519.